The van der Waals surface area contributed by atoms with Gasteiger partial charge < -0.3 is 0 Å². The van der Waals surface area contributed by atoms with Crippen molar-refractivity contribution in [2.24, 2.45) is 0 Å². The van der Waals surface area contributed by atoms with Crippen LogP contribution in [0.25, 0.3) is 0 Å². The summed E-state index contributed by atoms with van der Waals surface area (Å²) in [6.07, 6.45) is 7.24. The van der Waals surface area contributed by atoms with Crippen LogP contribution < -0.4 is 0 Å². The zero-order valence-electron chi connectivity index (χ0n) is 6.44. The van der Waals surface area contributed by atoms with Crippen LogP contribution in [-0.2, 0) is 4.79 Å². The third-order valence-corrected chi connectivity index (χ3v) is 1.29. The van der Waals surface area contributed by atoms with Crippen LogP contribution in [0.1, 0.15) is 39.0 Å². The van der Waals surface area contributed by atoms with Crippen LogP contribution in [0.15, 0.2) is 0 Å². The molecule has 0 aliphatic carbocycles. The second-order valence-corrected chi connectivity index (χ2v) is 2.21. The normalized spacial score (nSPS) is 8.10. The Labute approximate surface area is 62.8 Å². The monoisotopic (exact) mass is 137 g/mol. The van der Waals surface area contributed by atoms with Gasteiger partial charge in [0.1, 0.15) is 0 Å². The molecular weight excluding hydrogens is 124 g/mol. The molecule has 10 heavy (non-hydrogen) atoms. The average molecular weight is 137 g/mol. The van der Waals surface area contributed by atoms with Gasteiger partial charge in [-0.15, -0.1) is 0 Å². The third kappa shape index (κ3) is 7.23. The van der Waals surface area contributed by atoms with Crippen molar-refractivity contribution < 1.29 is 4.79 Å². The van der Waals surface area contributed by atoms with Crippen molar-refractivity contribution in [1.29, 1.82) is 0 Å². The lowest BCUT2D eigenvalue weighted by atomic mass is 10.2. The molecular formula is C9H13O. The fourth-order valence-electron chi connectivity index (χ4n) is 0.739. The van der Waals surface area contributed by atoms with Crippen LogP contribution in [0.2, 0.25) is 0 Å². The summed E-state index contributed by atoms with van der Waals surface area (Å²) in [5.41, 5.74) is 0. The zero-order chi connectivity index (χ0) is 7.66. The molecule has 1 radical (unpaired) electrons. The Bertz CT molecular complexity index is 127. The number of hydrogen-bond acceptors (Lipinski definition) is 1. The highest BCUT2D eigenvalue weighted by Crippen LogP contribution is 2.00. The Balaban J connectivity index is 2.97. The molecule has 1 nitrogen and oxygen atoms in total. The molecule has 0 fully saturated rings. The maximum absolute atomic E-state index is 9.60. The van der Waals surface area contributed by atoms with Gasteiger partial charge in [0, 0.05) is 6.42 Å². The molecule has 0 rings (SSSR count). The summed E-state index contributed by atoms with van der Waals surface area (Å²) < 4.78 is 0. The molecule has 0 aliphatic heterocycles. The number of unbranched alkanes of at least 4 members (excludes halogenated alkanes) is 4. The summed E-state index contributed by atoms with van der Waals surface area (Å²) in [6.45, 7) is 2.17. The van der Waals surface area contributed by atoms with Crippen LogP contribution in [0.4, 0.5) is 0 Å². The summed E-state index contributed by atoms with van der Waals surface area (Å²) in [7, 11) is 0. The summed E-state index contributed by atoms with van der Waals surface area (Å²) in [4.78, 5) is 9.60. The number of rotatable bonds is 4. The van der Waals surface area contributed by atoms with Gasteiger partial charge in [0.05, 0.1) is 0 Å². The standard InChI is InChI=1S/C9H13O/c1-2-3-4-5-6-7-8-9-10/h2-6H2,1H3. The first-order valence-electron chi connectivity index (χ1n) is 3.76. The van der Waals surface area contributed by atoms with E-state index in [1.165, 1.54) is 19.3 Å². The van der Waals surface area contributed by atoms with Crippen molar-refractivity contribution >= 4 is 6.29 Å². The molecule has 0 spiro atoms. The second kappa shape index (κ2) is 8.23. The van der Waals surface area contributed by atoms with Gasteiger partial charge in [0.25, 0.3) is 6.29 Å². The molecule has 0 heterocycles. The maximum atomic E-state index is 9.60. The van der Waals surface area contributed by atoms with Gasteiger partial charge in [-0.1, -0.05) is 32.1 Å². The van der Waals surface area contributed by atoms with Crippen molar-refractivity contribution in [3.05, 3.63) is 0 Å². The molecule has 0 atom stereocenters. The highest BCUT2D eigenvalue weighted by Gasteiger charge is 1.82. The minimum atomic E-state index is 0.842. The van der Waals surface area contributed by atoms with Crippen molar-refractivity contribution in [3.8, 4) is 11.8 Å². The Hall–Kier alpha value is -0.770. The maximum Gasteiger partial charge on any atom is 0.284 e. The highest BCUT2D eigenvalue weighted by atomic mass is 16.1. The van der Waals surface area contributed by atoms with E-state index in [0.29, 0.717) is 0 Å². The van der Waals surface area contributed by atoms with Gasteiger partial charge >= 0.3 is 0 Å². The van der Waals surface area contributed by atoms with Gasteiger partial charge in [-0.05, 0) is 12.3 Å². The van der Waals surface area contributed by atoms with Gasteiger partial charge in [-0.25, -0.2) is 0 Å². The van der Waals surface area contributed by atoms with Crippen molar-refractivity contribution in [1.82, 2.24) is 0 Å². The van der Waals surface area contributed by atoms with E-state index < -0.39 is 0 Å². The zero-order valence-corrected chi connectivity index (χ0v) is 6.44. The third-order valence-electron chi connectivity index (χ3n) is 1.29. The lowest BCUT2D eigenvalue weighted by molar-refractivity contribution is 0.565. The minimum Gasteiger partial charge on any atom is -0.275 e. The lowest BCUT2D eigenvalue weighted by Crippen LogP contribution is -1.73. The lowest BCUT2D eigenvalue weighted by Gasteiger charge is -1.90. The van der Waals surface area contributed by atoms with E-state index in [9.17, 15) is 4.79 Å². The number of carbonyl (C=O) groups excluding carboxylic acids is 1. The SMILES string of the molecule is CCCCCCC#C[C]=O. The summed E-state index contributed by atoms with van der Waals surface area (Å²) in [5, 5.41) is 0. The quantitative estimate of drug-likeness (QED) is 0.428. The first-order valence-corrected chi connectivity index (χ1v) is 3.76. The van der Waals surface area contributed by atoms with E-state index in [1.807, 2.05) is 0 Å². The Kier molecular flexibility index (Phi) is 7.60. The van der Waals surface area contributed by atoms with E-state index in [2.05, 4.69) is 18.8 Å². The van der Waals surface area contributed by atoms with Gasteiger partial charge in [0.2, 0.25) is 0 Å². The molecule has 0 saturated carbocycles. The predicted molar refractivity (Wildman–Crippen MR) is 42.2 cm³/mol. The molecule has 0 aromatic rings. The van der Waals surface area contributed by atoms with E-state index in [4.69, 9.17) is 0 Å². The van der Waals surface area contributed by atoms with Crippen LogP contribution in [-0.4, -0.2) is 6.29 Å². The number of hydrogen-bond donors (Lipinski definition) is 0. The Morgan fingerprint density at radius 1 is 1.20 bits per heavy atom. The van der Waals surface area contributed by atoms with Gasteiger partial charge in [-0.2, -0.15) is 0 Å². The summed E-state index contributed by atoms with van der Waals surface area (Å²) in [6, 6.07) is 0. The molecule has 0 N–H and O–H groups in total. The van der Waals surface area contributed by atoms with E-state index in [0.717, 1.165) is 12.8 Å². The molecule has 0 aliphatic rings. The van der Waals surface area contributed by atoms with Crippen LogP contribution >= 0.6 is 0 Å². The van der Waals surface area contributed by atoms with Crippen LogP contribution in [0.3, 0.4) is 0 Å². The topological polar surface area (TPSA) is 17.1 Å². The van der Waals surface area contributed by atoms with Crippen LogP contribution in [0.5, 0.6) is 0 Å². The average Bonchev–Trinajstić information content (AvgIpc) is 1.97. The minimum absolute atomic E-state index is 0.842. The van der Waals surface area contributed by atoms with Crippen molar-refractivity contribution in [2.45, 2.75) is 39.0 Å². The molecule has 1 heteroatoms. The molecule has 0 aromatic heterocycles. The van der Waals surface area contributed by atoms with E-state index in [1.54, 1.807) is 6.29 Å². The summed E-state index contributed by atoms with van der Waals surface area (Å²) >= 11 is 0. The molecule has 0 amide bonds. The highest BCUT2D eigenvalue weighted by molar-refractivity contribution is 5.73. The Morgan fingerprint density at radius 3 is 2.60 bits per heavy atom. The van der Waals surface area contributed by atoms with Gasteiger partial charge in [0.15, 0.2) is 0 Å². The smallest absolute Gasteiger partial charge is 0.275 e. The second-order valence-electron chi connectivity index (χ2n) is 2.21. The fraction of sp³-hybridized carbons (Fsp3) is 0.667. The summed E-state index contributed by atoms with van der Waals surface area (Å²) in [5.74, 6) is 4.99. The molecule has 0 aromatic carbocycles. The van der Waals surface area contributed by atoms with E-state index >= 15 is 0 Å². The van der Waals surface area contributed by atoms with Gasteiger partial charge in [-0.3, -0.25) is 4.79 Å². The Morgan fingerprint density at radius 2 is 2.00 bits per heavy atom. The van der Waals surface area contributed by atoms with Crippen molar-refractivity contribution in [2.75, 3.05) is 0 Å². The molecule has 0 bridgehead atoms. The van der Waals surface area contributed by atoms with Crippen LogP contribution in [0, 0.1) is 11.8 Å². The molecule has 0 saturated heterocycles. The fourth-order valence-corrected chi connectivity index (χ4v) is 0.739. The first-order chi connectivity index (χ1) is 4.91. The molecule has 55 valence electrons. The predicted octanol–water partition coefficient (Wildman–Crippen LogP) is 2.07. The van der Waals surface area contributed by atoms with E-state index in [-0.39, 0.29) is 0 Å². The molecule has 0 unspecified atom stereocenters. The van der Waals surface area contributed by atoms with Crippen molar-refractivity contribution in [3.63, 3.8) is 0 Å². The first kappa shape index (κ1) is 9.23. The largest absolute Gasteiger partial charge is 0.284 e.